The molecule has 2 unspecified atom stereocenters. The normalized spacial score (nSPS) is 24.8. The Bertz CT molecular complexity index is 491. The van der Waals surface area contributed by atoms with Crippen LogP contribution in [0.15, 0.2) is 24.3 Å². The Balaban J connectivity index is 2.16. The van der Waals surface area contributed by atoms with Crippen LogP contribution in [-0.2, 0) is 4.79 Å². The average molecular weight is 279 g/mol. The zero-order valence-electron chi connectivity index (χ0n) is 12.1. The van der Waals surface area contributed by atoms with Crippen molar-refractivity contribution >= 4 is 5.97 Å². The van der Waals surface area contributed by atoms with E-state index in [1.165, 1.54) is 6.07 Å². The fourth-order valence-corrected chi connectivity index (χ4v) is 3.21. The molecular formula is C16H22FNO2. The molecule has 110 valence electrons. The lowest BCUT2D eigenvalue weighted by molar-refractivity contribution is -0.148. The molecule has 4 heteroatoms. The summed E-state index contributed by atoms with van der Waals surface area (Å²) < 4.78 is 13.8. The largest absolute Gasteiger partial charge is 0.481 e. The molecule has 1 saturated heterocycles. The van der Waals surface area contributed by atoms with Gasteiger partial charge in [-0.2, -0.15) is 0 Å². The predicted molar refractivity (Wildman–Crippen MR) is 76.0 cm³/mol. The molecule has 0 amide bonds. The molecule has 0 saturated carbocycles. The van der Waals surface area contributed by atoms with Crippen molar-refractivity contribution in [3.05, 3.63) is 35.6 Å². The lowest BCUT2D eigenvalue weighted by Crippen LogP contribution is -2.35. The summed E-state index contributed by atoms with van der Waals surface area (Å²) in [6.45, 7) is 5.17. The molecule has 0 aliphatic carbocycles. The highest BCUT2D eigenvalue weighted by atomic mass is 19.1. The maximum absolute atomic E-state index is 13.8. The van der Waals surface area contributed by atoms with Crippen LogP contribution in [0.3, 0.4) is 0 Å². The number of likely N-dealkylation sites (tertiary alicyclic amines) is 1. The van der Waals surface area contributed by atoms with Crippen LogP contribution >= 0.6 is 0 Å². The Morgan fingerprint density at radius 1 is 1.50 bits per heavy atom. The maximum Gasteiger partial charge on any atom is 0.310 e. The van der Waals surface area contributed by atoms with Crippen LogP contribution in [0.2, 0.25) is 0 Å². The van der Waals surface area contributed by atoms with Crippen molar-refractivity contribution in [3.8, 4) is 0 Å². The number of carboxylic acids is 1. The smallest absolute Gasteiger partial charge is 0.310 e. The van der Waals surface area contributed by atoms with Crippen molar-refractivity contribution in [2.45, 2.75) is 39.2 Å². The second-order valence-corrected chi connectivity index (χ2v) is 5.75. The van der Waals surface area contributed by atoms with E-state index in [1.54, 1.807) is 12.1 Å². The SMILES string of the molecule is CCCC1(C(=O)O)CCN(C(C)c2ccccc2F)C1. The van der Waals surface area contributed by atoms with Crippen molar-refractivity contribution in [1.29, 1.82) is 0 Å². The topological polar surface area (TPSA) is 40.5 Å². The molecule has 2 atom stereocenters. The van der Waals surface area contributed by atoms with Crippen LogP contribution in [0.4, 0.5) is 4.39 Å². The fourth-order valence-electron chi connectivity index (χ4n) is 3.21. The first kappa shape index (κ1) is 15.0. The van der Waals surface area contributed by atoms with Crippen LogP contribution in [0.25, 0.3) is 0 Å². The van der Waals surface area contributed by atoms with Gasteiger partial charge in [0.05, 0.1) is 5.41 Å². The minimum atomic E-state index is -0.720. The minimum Gasteiger partial charge on any atom is -0.481 e. The Morgan fingerprint density at radius 2 is 2.20 bits per heavy atom. The van der Waals surface area contributed by atoms with Crippen molar-refractivity contribution in [1.82, 2.24) is 4.90 Å². The van der Waals surface area contributed by atoms with Gasteiger partial charge in [0.25, 0.3) is 0 Å². The first-order valence-electron chi connectivity index (χ1n) is 7.22. The van der Waals surface area contributed by atoms with E-state index in [2.05, 4.69) is 4.90 Å². The van der Waals surface area contributed by atoms with Crippen LogP contribution in [0.5, 0.6) is 0 Å². The molecule has 0 radical (unpaired) electrons. The summed E-state index contributed by atoms with van der Waals surface area (Å²) in [6.07, 6.45) is 2.19. The summed E-state index contributed by atoms with van der Waals surface area (Å²) in [6, 6.07) is 6.64. The van der Waals surface area contributed by atoms with E-state index >= 15 is 0 Å². The third kappa shape index (κ3) is 2.70. The molecule has 3 nitrogen and oxygen atoms in total. The Kier molecular flexibility index (Phi) is 4.43. The highest BCUT2D eigenvalue weighted by Crippen LogP contribution is 2.39. The summed E-state index contributed by atoms with van der Waals surface area (Å²) in [5, 5.41) is 9.52. The molecule has 0 aromatic heterocycles. The van der Waals surface area contributed by atoms with Crippen LogP contribution in [-0.4, -0.2) is 29.1 Å². The summed E-state index contributed by atoms with van der Waals surface area (Å²) in [5.41, 5.74) is -0.0148. The maximum atomic E-state index is 13.8. The number of aliphatic carboxylic acids is 1. The van der Waals surface area contributed by atoms with Crippen molar-refractivity contribution in [2.75, 3.05) is 13.1 Å². The summed E-state index contributed by atoms with van der Waals surface area (Å²) >= 11 is 0. The van der Waals surface area contributed by atoms with Gasteiger partial charge in [0.1, 0.15) is 5.82 Å². The fraction of sp³-hybridized carbons (Fsp3) is 0.562. The summed E-state index contributed by atoms with van der Waals surface area (Å²) in [7, 11) is 0. The molecule has 0 bridgehead atoms. The number of hydrogen-bond acceptors (Lipinski definition) is 2. The number of rotatable bonds is 5. The van der Waals surface area contributed by atoms with E-state index in [4.69, 9.17) is 0 Å². The average Bonchev–Trinajstić information content (AvgIpc) is 2.85. The van der Waals surface area contributed by atoms with Crippen molar-refractivity contribution in [2.24, 2.45) is 5.41 Å². The molecule has 1 fully saturated rings. The summed E-state index contributed by atoms with van der Waals surface area (Å²) in [5.74, 6) is -0.939. The number of nitrogens with zero attached hydrogens (tertiary/aromatic N) is 1. The highest BCUT2D eigenvalue weighted by Gasteiger charge is 2.45. The van der Waals surface area contributed by atoms with Gasteiger partial charge in [-0.3, -0.25) is 9.69 Å². The lowest BCUT2D eigenvalue weighted by atomic mass is 9.82. The van der Waals surface area contributed by atoms with E-state index in [-0.39, 0.29) is 11.9 Å². The standard InChI is InChI=1S/C16H22FNO2/c1-3-8-16(15(19)20)9-10-18(11-16)12(2)13-6-4-5-7-14(13)17/h4-7,12H,3,8-11H2,1-2H3,(H,19,20). The highest BCUT2D eigenvalue weighted by molar-refractivity contribution is 5.75. The van der Waals surface area contributed by atoms with Gasteiger partial charge in [-0.05, 0) is 32.4 Å². The zero-order chi connectivity index (χ0) is 14.8. The number of benzene rings is 1. The van der Waals surface area contributed by atoms with E-state index < -0.39 is 11.4 Å². The molecule has 1 heterocycles. The molecule has 2 rings (SSSR count). The number of halogens is 1. The molecule has 1 aliphatic heterocycles. The third-order valence-corrected chi connectivity index (χ3v) is 4.47. The van der Waals surface area contributed by atoms with E-state index in [1.807, 2.05) is 19.9 Å². The lowest BCUT2D eigenvalue weighted by Gasteiger charge is -2.28. The second-order valence-electron chi connectivity index (χ2n) is 5.75. The van der Waals surface area contributed by atoms with Gasteiger partial charge in [0, 0.05) is 18.2 Å². The zero-order valence-corrected chi connectivity index (χ0v) is 12.1. The van der Waals surface area contributed by atoms with Gasteiger partial charge >= 0.3 is 5.97 Å². The van der Waals surface area contributed by atoms with Gasteiger partial charge in [0.15, 0.2) is 0 Å². The molecule has 0 spiro atoms. The van der Waals surface area contributed by atoms with Gasteiger partial charge in [-0.15, -0.1) is 0 Å². The molecule has 1 N–H and O–H groups in total. The van der Waals surface area contributed by atoms with Crippen LogP contribution < -0.4 is 0 Å². The van der Waals surface area contributed by atoms with Crippen molar-refractivity contribution in [3.63, 3.8) is 0 Å². The van der Waals surface area contributed by atoms with Gasteiger partial charge in [0.2, 0.25) is 0 Å². The van der Waals surface area contributed by atoms with Gasteiger partial charge in [-0.1, -0.05) is 31.5 Å². The van der Waals surface area contributed by atoms with E-state index in [0.717, 1.165) is 6.42 Å². The van der Waals surface area contributed by atoms with Crippen LogP contribution in [0.1, 0.15) is 44.7 Å². The Hall–Kier alpha value is -1.42. The first-order chi connectivity index (χ1) is 9.50. The molecule has 1 aliphatic rings. The quantitative estimate of drug-likeness (QED) is 0.897. The molecular weight excluding hydrogens is 257 g/mol. The second kappa shape index (κ2) is 5.92. The third-order valence-electron chi connectivity index (χ3n) is 4.47. The van der Waals surface area contributed by atoms with Gasteiger partial charge < -0.3 is 5.11 Å². The summed E-state index contributed by atoms with van der Waals surface area (Å²) in [4.78, 5) is 13.7. The first-order valence-corrected chi connectivity index (χ1v) is 7.22. The number of carbonyl (C=O) groups is 1. The number of carboxylic acid groups (broad SMARTS) is 1. The van der Waals surface area contributed by atoms with Crippen LogP contribution in [0, 0.1) is 11.2 Å². The molecule has 1 aromatic rings. The Morgan fingerprint density at radius 3 is 2.80 bits per heavy atom. The minimum absolute atomic E-state index is 0.0886. The van der Waals surface area contributed by atoms with E-state index in [9.17, 15) is 14.3 Å². The van der Waals surface area contributed by atoms with E-state index in [0.29, 0.717) is 31.5 Å². The molecule has 20 heavy (non-hydrogen) atoms. The van der Waals surface area contributed by atoms with Gasteiger partial charge in [-0.25, -0.2) is 4.39 Å². The monoisotopic (exact) mass is 279 g/mol. The molecule has 1 aromatic carbocycles. The predicted octanol–water partition coefficient (Wildman–Crippen LogP) is 3.46. The van der Waals surface area contributed by atoms with Crippen molar-refractivity contribution < 1.29 is 14.3 Å². The number of hydrogen-bond donors (Lipinski definition) is 1. The Labute approximate surface area is 119 Å².